The van der Waals surface area contributed by atoms with Crippen LogP contribution in [-0.4, -0.2) is 44.8 Å². The van der Waals surface area contributed by atoms with Crippen molar-refractivity contribution in [2.75, 3.05) is 6.54 Å². The first kappa shape index (κ1) is 21.9. The third kappa shape index (κ3) is 6.31. The number of nitrogens with one attached hydrogen (secondary N) is 2. The van der Waals surface area contributed by atoms with Gasteiger partial charge in [0.1, 0.15) is 6.04 Å². The van der Waals surface area contributed by atoms with Crippen molar-refractivity contribution in [3.05, 3.63) is 47.5 Å². The predicted octanol–water partition coefficient (Wildman–Crippen LogP) is 2.01. The molecular weight excluding hydrogens is 376 g/mol. The molecule has 8 heteroatoms. The van der Waals surface area contributed by atoms with Crippen LogP contribution in [0.4, 0.5) is 0 Å². The molecule has 2 aromatic carbocycles. The van der Waals surface area contributed by atoms with Crippen molar-refractivity contribution in [1.82, 2.24) is 10.6 Å². The molecule has 8 nitrogen and oxygen atoms in total. The van der Waals surface area contributed by atoms with Crippen molar-refractivity contribution >= 4 is 11.8 Å². The Labute approximate surface area is 168 Å². The molecule has 0 unspecified atom stereocenters. The van der Waals surface area contributed by atoms with E-state index in [0.29, 0.717) is 12.8 Å². The number of hydrogen-bond acceptors (Lipinski definition) is 6. The van der Waals surface area contributed by atoms with E-state index in [-0.39, 0.29) is 41.2 Å². The second-order valence-electron chi connectivity index (χ2n) is 7.22. The summed E-state index contributed by atoms with van der Waals surface area (Å²) in [5, 5.41) is 43.2. The lowest BCUT2D eigenvalue weighted by Gasteiger charge is -2.20. The Morgan fingerprint density at radius 2 is 1.52 bits per heavy atom. The molecule has 2 aromatic rings. The number of amides is 2. The van der Waals surface area contributed by atoms with Crippen LogP contribution in [0.1, 0.15) is 36.2 Å². The molecule has 0 aliphatic heterocycles. The average Bonchev–Trinajstić information content (AvgIpc) is 2.65. The standard InChI is InChI=1S/C21H26N2O6/c1-12(2)9-15(23-20(28)14-4-6-17(25)19(27)11-14)21(29)22-8-7-13-3-5-16(24)18(26)10-13/h3-6,10-12,15,24-27H,7-9H2,1-2H3,(H,22,29)(H,23,28)/t15-/m0/s1. The minimum Gasteiger partial charge on any atom is -0.504 e. The van der Waals surface area contributed by atoms with Crippen LogP contribution < -0.4 is 10.6 Å². The Balaban J connectivity index is 1.98. The number of rotatable bonds is 8. The van der Waals surface area contributed by atoms with Gasteiger partial charge in [-0.2, -0.15) is 0 Å². The Morgan fingerprint density at radius 3 is 2.10 bits per heavy atom. The van der Waals surface area contributed by atoms with Gasteiger partial charge in [-0.1, -0.05) is 19.9 Å². The van der Waals surface area contributed by atoms with E-state index in [0.717, 1.165) is 11.6 Å². The Morgan fingerprint density at radius 1 is 0.897 bits per heavy atom. The van der Waals surface area contributed by atoms with E-state index in [1.807, 2.05) is 13.8 Å². The lowest BCUT2D eigenvalue weighted by Crippen LogP contribution is -2.47. The zero-order valence-corrected chi connectivity index (χ0v) is 16.3. The van der Waals surface area contributed by atoms with Crippen LogP contribution in [0.25, 0.3) is 0 Å². The number of aromatic hydroxyl groups is 4. The van der Waals surface area contributed by atoms with Crippen LogP contribution in [-0.2, 0) is 11.2 Å². The second-order valence-corrected chi connectivity index (χ2v) is 7.22. The molecule has 6 N–H and O–H groups in total. The molecule has 0 heterocycles. The quantitative estimate of drug-likeness (QED) is 0.373. The van der Waals surface area contributed by atoms with Crippen molar-refractivity contribution in [1.29, 1.82) is 0 Å². The molecule has 1 atom stereocenters. The van der Waals surface area contributed by atoms with Crippen LogP contribution >= 0.6 is 0 Å². The van der Waals surface area contributed by atoms with Gasteiger partial charge in [-0.25, -0.2) is 0 Å². The smallest absolute Gasteiger partial charge is 0.252 e. The summed E-state index contributed by atoms with van der Waals surface area (Å²) >= 11 is 0. The van der Waals surface area contributed by atoms with Crippen LogP contribution in [0.15, 0.2) is 36.4 Å². The zero-order chi connectivity index (χ0) is 21.6. The average molecular weight is 402 g/mol. The summed E-state index contributed by atoms with van der Waals surface area (Å²) in [6, 6.07) is 7.36. The van der Waals surface area contributed by atoms with Gasteiger partial charge in [0.05, 0.1) is 0 Å². The molecule has 0 saturated carbocycles. The summed E-state index contributed by atoms with van der Waals surface area (Å²) in [5.74, 6) is -1.93. The fourth-order valence-electron chi connectivity index (χ4n) is 2.79. The summed E-state index contributed by atoms with van der Waals surface area (Å²) in [5.41, 5.74) is 0.867. The van der Waals surface area contributed by atoms with Crippen molar-refractivity contribution in [3.63, 3.8) is 0 Å². The molecule has 29 heavy (non-hydrogen) atoms. The number of carbonyl (C=O) groups excluding carboxylic acids is 2. The summed E-state index contributed by atoms with van der Waals surface area (Å²) < 4.78 is 0. The monoisotopic (exact) mass is 402 g/mol. The topological polar surface area (TPSA) is 139 Å². The first-order valence-corrected chi connectivity index (χ1v) is 9.28. The van der Waals surface area contributed by atoms with Crippen molar-refractivity contribution in [2.45, 2.75) is 32.7 Å². The van der Waals surface area contributed by atoms with E-state index in [1.54, 1.807) is 6.07 Å². The van der Waals surface area contributed by atoms with Gasteiger partial charge in [-0.05, 0) is 54.7 Å². The highest BCUT2D eigenvalue weighted by molar-refractivity contribution is 5.98. The largest absolute Gasteiger partial charge is 0.504 e. The summed E-state index contributed by atoms with van der Waals surface area (Å²) in [7, 11) is 0. The Bertz CT molecular complexity index is 881. The van der Waals surface area contributed by atoms with Gasteiger partial charge in [0.2, 0.25) is 5.91 Å². The van der Waals surface area contributed by atoms with Crippen molar-refractivity contribution < 1.29 is 30.0 Å². The number of hydrogen-bond donors (Lipinski definition) is 6. The molecule has 2 amide bonds. The molecule has 0 aliphatic carbocycles. The first-order chi connectivity index (χ1) is 13.7. The molecule has 0 bridgehead atoms. The third-order valence-corrected chi connectivity index (χ3v) is 4.32. The third-order valence-electron chi connectivity index (χ3n) is 4.32. The summed E-state index contributed by atoms with van der Waals surface area (Å²) in [4.78, 5) is 25.0. The van der Waals surface area contributed by atoms with Crippen LogP contribution in [0.2, 0.25) is 0 Å². The lowest BCUT2D eigenvalue weighted by atomic mass is 10.0. The maximum Gasteiger partial charge on any atom is 0.252 e. The van der Waals surface area contributed by atoms with E-state index >= 15 is 0 Å². The molecule has 0 aromatic heterocycles. The molecule has 2 rings (SSSR count). The number of phenols is 4. The molecule has 0 aliphatic rings. The molecule has 156 valence electrons. The number of carbonyl (C=O) groups is 2. The zero-order valence-electron chi connectivity index (χ0n) is 16.3. The van der Waals surface area contributed by atoms with Crippen LogP contribution in [0, 0.1) is 5.92 Å². The molecule has 0 spiro atoms. The van der Waals surface area contributed by atoms with E-state index < -0.39 is 17.7 Å². The Kier molecular flexibility index (Phi) is 7.30. The van der Waals surface area contributed by atoms with Crippen molar-refractivity contribution in [3.8, 4) is 23.0 Å². The highest BCUT2D eigenvalue weighted by Gasteiger charge is 2.22. The van der Waals surface area contributed by atoms with Crippen LogP contribution in [0.5, 0.6) is 23.0 Å². The SMILES string of the molecule is CC(C)C[C@H](NC(=O)c1ccc(O)c(O)c1)C(=O)NCCc1ccc(O)c(O)c1. The maximum atomic E-state index is 12.6. The van der Waals surface area contributed by atoms with E-state index in [9.17, 15) is 30.0 Å². The van der Waals surface area contributed by atoms with E-state index in [1.165, 1.54) is 24.3 Å². The highest BCUT2D eigenvalue weighted by atomic mass is 16.3. The fraction of sp³-hybridized carbons (Fsp3) is 0.333. The highest BCUT2D eigenvalue weighted by Crippen LogP contribution is 2.25. The molecular formula is C21H26N2O6. The fourth-order valence-corrected chi connectivity index (χ4v) is 2.79. The molecule has 0 saturated heterocycles. The number of benzene rings is 2. The summed E-state index contributed by atoms with van der Waals surface area (Å²) in [6.07, 6.45) is 0.857. The summed E-state index contributed by atoms with van der Waals surface area (Å²) in [6.45, 7) is 4.14. The minimum absolute atomic E-state index is 0.126. The van der Waals surface area contributed by atoms with E-state index in [4.69, 9.17) is 0 Å². The predicted molar refractivity (Wildman–Crippen MR) is 107 cm³/mol. The maximum absolute atomic E-state index is 12.6. The normalized spacial score (nSPS) is 11.8. The van der Waals surface area contributed by atoms with Gasteiger partial charge in [-0.3, -0.25) is 9.59 Å². The second kappa shape index (κ2) is 9.68. The van der Waals surface area contributed by atoms with Crippen LogP contribution in [0.3, 0.4) is 0 Å². The van der Waals surface area contributed by atoms with Gasteiger partial charge < -0.3 is 31.1 Å². The van der Waals surface area contributed by atoms with Gasteiger partial charge >= 0.3 is 0 Å². The molecule has 0 radical (unpaired) electrons. The first-order valence-electron chi connectivity index (χ1n) is 9.28. The van der Waals surface area contributed by atoms with E-state index in [2.05, 4.69) is 10.6 Å². The van der Waals surface area contributed by atoms with Gasteiger partial charge in [0.25, 0.3) is 5.91 Å². The lowest BCUT2D eigenvalue weighted by molar-refractivity contribution is -0.123. The van der Waals surface area contributed by atoms with Crippen molar-refractivity contribution in [2.24, 2.45) is 5.92 Å². The van der Waals surface area contributed by atoms with Gasteiger partial charge in [0.15, 0.2) is 23.0 Å². The Hall–Kier alpha value is -3.42. The van der Waals surface area contributed by atoms with Gasteiger partial charge in [0, 0.05) is 12.1 Å². The number of phenolic OH excluding ortho intramolecular Hbond substituents is 4. The molecule has 0 fully saturated rings. The minimum atomic E-state index is -0.772. The van der Waals surface area contributed by atoms with Gasteiger partial charge in [-0.15, -0.1) is 0 Å².